The summed E-state index contributed by atoms with van der Waals surface area (Å²) < 4.78 is 12.1. The third-order valence-corrected chi connectivity index (χ3v) is 5.14. The number of nitrogens with zero attached hydrogens (tertiary/aromatic N) is 1. The van der Waals surface area contributed by atoms with Gasteiger partial charge in [0, 0.05) is 17.7 Å². The molecule has 0 spiro atoms. The van der Waals surface area contributed by atoms with Crippen molar-refractivity contribution in [2.45, 2.75) is 64.9 Å². The summed E-state index contributed by atoms with van der Waals surface area (Å²) in [6.07, 6.45) is 10.4. The molecule has 0 saturated heterocycles. The van der Waals surface area contributed by atoms with Gasteiger partial charge >= 0.3 is 0 Å². The lowest BCUT2D eigenvalue weighted by atomic mass is 10.1. The normalized spacial score (nSPS) is 11.1. The van der Waals surface area contributed by atoms with Gasteiger partial charge in [0.1, 0.15) is 5.69 Å². The van der Waals surface area contributed by atoms with E-state index in [4.69, 9.17) is 14.1 Å². The third-order valence-electron chi connectivity index (χ3n) is 5.14. The lowest BCUT2D eigenvalue weighted by molar-refractivity contribution is 0.114. The van der Waals surface area contributed by atoms with Crippen molar-refractivity contribution >= 4 is 0 Å². The summed E-state index contributed by atoms with van der Waals surface area (Å²) in [6.45, 7) is 3.52. The van der Waals surface area contributed by atoms with Crippen molar-refractivity contribution in [3.05, 3.63) is 66.4 Å². The van der Waals surface area contributed by atoms with E-state index in [1.807, 2.05) is 48.5 Å². The molecule has 154 valence electrons. The van der Waals surface area contributed by atoms with E-state index in [0.717, 1.165) is 35.6 Å². The second-order valence-corrected chi connectivity index (χ2v) is 7.55. The fourth-order valence-electron chi connectivity index (χ4n) is 3.48. The standard InChI is InChI=1S/C26H33NO2/c1-2-3-4-5-6-7-8-15-20-28-21-24-25(22-16-11-9-12-17-22)29-26(27-24)23-18-13-10-14-19-23/h9-14,16-19H,2-8,15,20-21H2,1H3. The topological polar surface area (TPSA) is 35.3 Å². The number of oxazole rings is 1. The Morgan fingerprint density at radius 3 is 1.97 bits per heavy atom. The van der Waals surface area contributed by atoms with E-state index < -0.39 is 0 Å². The fourth-order valence-corrected chi connectivity index (χ4v) is 3.48. The van der Waals surface area contributed by atoms with Gasteiger partial charge in [0.2, 0.25) is 5.89 Å². The van der Waals surface area contributed by atoms with E-state index in [2.05, 4.69) is 19.1 Å². The average molecular weight is 392 g/mol. The van der Waals surface area contributed by atoms with E-state index in [-0.39, 0.29) is 0 Å². The van der Waals surface area contributed by atoms with Crippen molar-refractivity contribution in [2.24, 2.45) is 0 Å². The van der Waals surface area contributed by atoms with E-state index in [1.165, 1.54) is 44.9 Å². The Kier molecular flexibility index (Phi) is 8.99. The zero-order valence-electron chi connectivity index (χ0n) is 17.6. The Morgan fingerprint density at radius 2 is 1.31 bits per heavy atom. The van der Waals surface area contributed by atoms with E-state index in [1.54, 1.807) is 0 Å². The van der Waals surface area contributed by atoms with Gasteiger partial charge in [-0.15, -0.1) is 0 Å². The molecule has 0 saturated carbocycles. The van der Waals surface area contributed by atoms with Crippen molar-refractivity contribution in [3.8, 4) is 22.8 Å². The van der Waals surface area contributed by atoms with E-state index in [9.17, 15) is 0 Å². The minimum Gasteiger partial charge on any atom is -0.436 e. The third kappa shape index (κ3) is 6.86. The molecule has 0 atom stereocenters. The van der Waals surface area contributed by atoms with Gasteiger partial charge in [0.15, 0.2) is 5.76 Å². The molecular weight excluding hydrogens is 358 g/mol. The van der Waals surface area contributed by atoms with Gasteiger partial charge in [-0.2, -0.15) is 0 Å². The zero-order valence-corrected chi connectivity index (χ0v) is 17.6. The van der Waals surface area contributed by atoms with Gasteiger partial charge in [-0.1, -0.05) is 100 Å². The minimum atomic E-state index is 0.483. The molecule has 3 aromatic rings. The van der Waals surface area contributed by atoms with Crippen molar-refractivity contribution in [2.75, 3.05) is 6.61 Å². The van der Waals surface area contributed by atoms with E-state index in [0.29, 0.717) is 12.5 Å². The Hall–Kier alpha value is -2.39. The van der Waals surface area contributed by atoms with Crippen LogP contribution in [-0.4, -0.2) is 11.6 Å². The van der Waals surface area contributed by atoms with Crippen molar-refractivity contribution in [1.82, 2.24) is 4.98 Å². The molecule has 29 heavy (non-hydrogen) atoms. The molecule has 0 fully saturated rings. The number of hydrogen-bond donors (Lipinski definition) is 0. The smallest absolute Gasteiger partial charge is 0.227 e. The first-order chi connectivity index (χ1) is 14.4. The molecule has 0 aliphatic heterocycles. The molecule has 3 rings (SSSR count). The van der Waals surface area contributed by atoms with Gasteiger partial charge < -0.3 is 9.15 Å². The first-order valence-electron chi connectivity index (χ1n) is 11.1. The summed E-state index contributed by atoms with van der Waals surface area (Å²) in [7, 11) is 0. The van der Waals surface area contributed by atoms with Crippen LogP contribution in [0.15, 0.2) is 65.1 Å². The van der Waals surface area contributed by atoms with Crippen LogP contribution in [0.25, 0.3) is 22.8 Å². The maximum absolute atomic E-state index is 6.14. The Labute approximate surface area is 175 Å². The van der Waals surface area contributed by atoms with Crippen LogP contribution in [-0.2, 0) is 11.3 Å². The molecule has 3 heteroatoms. The number of unbranched alkanes of at least 4 members (excludes halogenated alkanes) is 7. The Balaban J connectivity index is 1.52. The molecule has 3 nitrogen and oxygen atoms in total. The van der Waals surface area contributed by atoms with Crippen LogP contribution in [0.2, 0.25) is 0 Å². The van der Waals surface area contributed by atoms with Gasteiger partial charge in [0.25, 0.3) is 0 Å². The number of aromatic nitrogens is 1. The lowest BCUT2D eigenvalue weighted by Crippen LogP contribution is -1.97. The van der Waals surface area contributed by atoms with Crippen LogP contribution in [0.1, 0.15) is 64.0 Å². The van der Waals surface area contributed by atoms with Crippen LogP contribution in [0.3, 0.4) is 0 Å². The summed E-state index contributed by atoms with van der Waals surface area (Å²) in [6, 6.07) is 20.2. The summed E-state index contributed by atoms with van der Waals surface area (Å²) >= 11 is 0. The molecule has 0 radical (unpaired) electrons. The first-order valence-corrected chi connectivity index (χ1v) is 11.1. The highest BCUT2D eigenvalue weighted by atomic mass is 16.5. The molecule has 0 aliphatic carbocycles. The molecule has 2 aromatic carbocycles. The summed E-state index contributed by atoms with van der Waals surface area (Å²) in [4.78, 5) is 4.74. The van der Waals surface area contributed by atoms with Gasteiger partial charge in [-0.05, 0) is 18.6 Å². The van der Waals surface area contributed by atoms with Crippen molar-refractivity contribution in [3.63, 3.8) is 0 Å². The summed E-state index contributed by atoms with van der Waals surface area (Å²) in [5, 5.41) is 0. The molecule has 0 amide bonds. The highest BCUT2D eigenvalue weighted by Crippen LogP contribution is 2.30. The first kappa shape index (κ1) is 21.3. The van der Waals surface area contributed by atoms with Crippen molar-refractivity contribution in [1.29, 1.82) is 0 Å². The van der Waals surface area contributed by atoms with E-state index >= 15 is 0 Å². The lowest BCUT2D eigenvalue weighted by Gasteiger charge is -2.04. The quantitative estimate of drug-likeness (QED) is 0.280. The van der Waals surface area contributed by atoms with Crippen LogP contribution in [0, 0.1) is 0 Å². The molecule has 0 aliphatic rings. The summed E-state index contributed by atoms with van der Waals surface area (Å²) in [5.41, 5.74) is 2.89. The maximum atomic E-state index is 6.14. The number of rotatable bonds is 13. The van der Waals surface area contributed by atoms with Crippen molar-refractivity contribution < 1.29 is 9.15 Å². The molecule has 0 N–H and O–H groups in total. The van der Waals surface area contributed by atoms with Crippen LogP contribution < -0.4 is 0 Å². The predicted molar refractivity (Wildman–Crippen MR) is 120 cm³/mol. The maximum Gasteiger partial charge on any atom is 0.227 e. The van der Waals surface area contributed by atoms with Gasteiger partial charge in [0.05, 0.1) is 6.61 Å². The highest BCUT2D eigenvalue weighted by Gasteiger charge is 2.16. The molecular formula is C26H33NO2. The molecule has 0 bridgehead atoms. The molecule has 1 aromatic heterocycles. The largest absolute Gasteiger partial charge is 0.436 e. The molecule has 0 unspecified atom stereocenters. The minimum absolute atomic E-state index is 0.483. The Bertz CT molecular complexity index is 811. The average Bonchev–Trinajstić information content (AvgIpc) is 3.20. The number of ether oxygens (including phenoxy) is 1. The zero-order chi connectivity index (χ0) is 20.2. The number of hydrogen-bond acceptors (Lipinski definition) is 3. The molecule has 1 heterocycles. The van der Waals surface area contributed by atoms with Crippen LogP contribution in [0.5, 0.6) is 0 Å². The monoisotopic (exact) mass is 391 g/mol. The second kappa shape index (κ2) is 12.2. The Morgan fingerprint density at radius 1 is 0.724 bits per heavy atom. The van der Waals surface area contributed by atoms with Gasteiger partial charge in [-0.25, -0.2) is 4.98 Å². The predicted octanol–water partition coefficient (Wildman–Crippen LogP) is 7.67. The van der Waals surface area contributed by atoms with Crippen LogP contribution >= 0.6 is 0 Å². The fraction of sp³-hybridized carbons (Fsp3) is 0.423. The summed E-state index contributed by atoms with van der Waals surface area (Å²) in [5.74, 6) is 1.45. The SMILES string of the molecule is CCCCCCCCCCOCc1nc(-c2ccccc2)oc1-c1ccccc1. The highest BCUT2D eigenvalue weighted by molar-refractivity contribution is 5.64. The second-order valence-electron chi connectivity index (χ2n) is 7.55. The number of benzene rings is 2. The van der Waals surface area contributed by atoms with Gasteiger partial charge in [-0.3, -0.25) is 0 Å². The van der Waals surface area contributed by atoms with Crippen LogP contribution in [0.4, 0.5) is 0 Å².